The van der Waals surface area contributed by atoms with E-state index in [0.29, 0.717) is 29.4 Å². The van der Waals surface area contributed by atoms with E-state index < -0.39 is 0 Å². The maximum atomic E-state index is 12.3. The molecule has 0 bridgehead atoms. The highest BCUT2D eigenvalue weighted by molar-refractivity contribution is 5.88. The van der Waals surface area contributed by atoms with Gasteiger partial charge in [0.1, 0.15) is 23.0 Å². The van der Waals surface area contributed by atoms with Gasteiger partial charge in [-0.3, -0.25) is 4.79 Å². The van der Waals surface area contributed by atoms with E-state index in [1.807, 2.05) is 26.8 Å². The molecule has 152 valence electrons. The lowest BCUT2D eigenvalue weighted by Crippen LogP contribution is -2.33. The van der Waals surface area contributed by atoms with Crippen molar-refractivity contribution in [3.05, 3.63) is 50.9 Å². The highest BCUT2D eigenvalue weighted by atomic mass is 16.5. The Balaban J connectivity index is 1.41. The predicted octanol–water partition coefficient (Wildman–Crippen LogP) is 1.99. The molecule has 3 aromatic rings. The van der Waals surface area contributed by atoms with E-state index in [2.05, 4.69) is 20.1 Å². The first kappa shape index (κ1) is 19.2. The van der Waals surface area contributed by atoms with Crippen molar-refractivity contribution in [2.24, 2.45) is 5.92 Å². The number of rotatable bonds is 5. The molecular weight excluding hydrogens is 372 g/mol. The summed E-state index contributed by atoms with van der Waals surface area (Å²) < 4.78 is 13.3. The van der Waals surface area contributed by atoms with Gasteiger partial charge in [0.15, 0.2) is 6.61 Å². The summed E-state index contributed by atoms with van der Waals surface area (Å²) in [5.41, 5.74) is 2.35. The van der Waals surface area contributed by atoms with Crippen molar-refractivity contribution < 1.29 is 13.9 Å². The topological polar surface area (TPSA) is 99.2 Å². The third kappa shape index (κ3) is 3.62. The number of fused-ring (bicyclic) bond motifs is 2. The molecular formula is C21H24N4O4. The molecule has 1 atom stereocenters. The zero-order valence-corrected chi connectivity index (χ0v) is 17.0. The highest BCUT2D eigenvalue weighted by Crippen LogP contribution is 2.30. The van der Waals surface area contributed by atoms with Crippen molar-refractivity contribution in [3.8, 4) is 5.75 Å². The second kappa shape index (κ2) is 7.35. The molecule has 1 aromatic carbocycles. The fourth-order valence-corrected chi connectivity index (χ4v) is 3.79. The molecule has 0 radical (unpaired) electrons. The van der Waals surface area contributed by atoms with Gasteiger partial charge in [0.05, 0.1) is 5.39 Å². The second-order valence-electron chi connectivity index (χ2n) is 7.71. The molecule has 0 saturated carbocycles. The molecule has 1 N–H and O–H groups in total. The molecule has 0 aliphatic carbocycles. The average Bonchev–Trinajstić information content (AvgIpc) is 3.24. The van der Waals surface area contributed by atoms with Gasteiger partial charge >= 0.3 is 5.63 Å². The highest BCUT2D eigenvalue weighted by Gasteiger charge is 2.25. The number of carbonyl (C=O) groups is 1. The molecule has 8 heteroatoms. The summed E-state index contributed by atoms with van der Waals surface area (Å²) in [6, 6.07) is 3.66. The summed E-state index contributed by atoms with van der Waals surface area (Å²) in [6.07, 6.45) is 0.808. The van der Waals surface area contributed by atoms with Crippen LogP contribution in [0, 0.1) is 33.6 Å². The van der Waals surface area contributed by atoms with Gasteiger partial charge in [-0.05, 0) is 51.0 Å². The monoisotopic (exact) mass is 396 g/mol. The van der Waals surface area contributed by atoms with Gasteiger partial charge in [0.25, 0.3) is 5.91 Å². The summed E-state index contributed by atoms with van der Waals surface area (Å²) >= 11 is 0. The Hall–Kier alpha value is -3.16. The maximum absolute atomic E-state index is 12.3. The fraction of sp³-hybridized carbons (Fsp3) is 0.429. The maximum Gasteiger partial charge on any atom is 0.339 e. The third-order valence-electron chi connectivity index (χ3n) is 5.53. The van der Waals surface area contributed by atoms with Crippen LogP contribution in [0.25, 0.3) is 11.0 Å². The van der Waals surface area contributed by atoms with Crippen LogP contribution in [0.4, 0.5) is 0 Å². The number of amides is 1. The van der Waals surface area contributed by atoms with Gasteiger partial charge in [-0.1, -0.05) is 0 Å². The number of aryl methyl sites for hydroxylation is 3. The SMILES string of the molecule is Cc1cc(OCC(=O)NCC2Cc3nnc(C)n3C2)c2c(C)c(C)c(=O)oc2c1. The second-order valence-corrected chi connectivity index (χ2v) is 7.71. The number of aromatic nitrogens is 3. The van der Waals surface area contributed by atoms with Crippen molar-refractivity contribution >= 4 is 16.9 Å². The first-order chi connectivity index (χ1) is 13.8. The molecule has 8 nitrogen and oxygen atoms in total. The number of ether oxygens (including phenoxy) is 1. The van der Waals surface area contributed by atoms with Gasteiger partial charge < -0.3 is 19.0 Å². The zero-order valence-electron chi connectivity index (χ0n) is 17.0. The minimum Gasteiger partial charge on any atom is -0.483 e. The van der Waals surface area contributed by atoms with Gasteiger partial charge in [0.2, 0.25) is 0 Å². The molecule has 1 amide bonds. The number of nitrogens with zero attached hydrogens (tertiary/aromatic N) is 3. The van der Waals surface area contributed by atoms with E-state index in [0.717, 1.165) is 41.1 Å². The molecule has 29 heavy (non-hydrogen) atoms. The van der Waals surface area contributed by atoms with Crippen LogP contribution in [0.5, 0.6) is 5.75 Å². The van der Waals surface area contributed by atoms with E-state index in [9.17, 15) is 9.59 Å². The van der Waals surface area contributed by atoms with Crippen LogP contribution < -0.4 is 15.7 Å². The first-order valence-electron chi connectivity index (χ1n) is 9.66. The van der Waals surface area contributed by atoms with Gasteiger partial charge in [-0.25, -0.2) is 4.79 Å². The number of hydrogen-bond donors (Lipinski definition) is 1. The van der Waals surface area contributed by atoms with Crippen molar-refractivity contribution in [2.45, 2.75) is 40.7 Å². The molecule has 0 spiro atoms. The van der Waals surface area contributed by atoms with Crippen LogP contribution in [-0.2, 0) is 17.8 Å². The Labute approximate surface area is 167 Å². The van der Waals surface area contributed by atoms with E-state index in [4.69, 9.17) is 9.15 Å². The quantitative estimate of drug-likeness (QED) is 0.662. The van der Waals surface area contributed by atoms with Crippen molar-refractivity contribution in [3.63, 3.8) is 0 Å². The van der Waals surface area contributed by atoms with Gasteiger partial charge in [-0.2, -0.15) is 0 Å². The largest absolute Gasteiger partial charge is 0.483 e. The van der Waals surface area contributed by atoms with Crippen LogP contribution in [0.1, 0.15) is 28.3 Å². The Morgan fingerprint density at radius 2 is 2.03 bits per heavy atom. The molecule has 1 aliphatic rings. The number of hydrogen-bond acceptors (Lipinski definition) is 6. The van der Waals surface area contributed by atoms with Gasteiger partial charge in [-0.15, -0.1) is 10.2 Å². The fourth-order valence-electron chi connectivity index (χ4n) is 3.79. The number of benzene rings is 1. The summed E-state index contributed by atoms with van der Waals surface area (Å²) in [6.45, 7) is 8.68. The van der Waals surface area contributed by atoms with E-state index >= 15 is 0 Å². The van der Waals surface area contributed by atoms with E-state index in [1.54, 1.807) is 13.0 Å². The molecule has 3 heterocycles. The molecule has 1 aliphatic heterocycles. The van der Waals surface area contributed by atoms with E-state index in [-0.39, 0.29) is 18.1 Å². The molecule has 0 fully saturated rings. The summed E-state index contributed by atoms with van der Waals surface area (Å²) in [5, 5.41) is 11.9. The normalized spacial score (nSPS) is 15.5. The molecule has 2 aromatic heterocycles. The van der Waals surface area contributed by atoms with Gasteiger partial charge in [0, 0.05) is 31.0 Å². The Kier molecular flexibility index (Phi) is 4.86. The Bertz CT molecular complexity index is 1160. The predicted molar refractivity (Wildman–Crippen MR) is 107 cm³/mol. The smallest absolute Gasteiger partial charge is 0.339 e. The van der Waals surface area contributed by atoms with Crippen LogP contribution in [0.15, 0.2) is 21.3 Å². The van der Waals surface area contributed by atoms with Crippen molar-refractivity contribution in [1.29, 1.82) is 0 Å². The molecule has 4 rings (SSSR count). The van der Waals surface area contributed by atoms with Crippen LogP contribution in [0.2, 0.25) is 0 Å². The standard InChI is InChI=1S/C21H24N4O4/c1-11-5-16(20-12(2)13(3)21(27)29-17(20)6-11)28-10-19(26)22-8-15-7-18-24-23-14(4)25(18)9-15/h5-6,15H,7-10H2,1-4H3,(H,22,26). The lowest BCUT2D eigenvalue weighted by atomic mass is 10.0. The number of carbonyl (C=O) groups excluding carboxylic acids is 1. The van der Waals surface area contributed by atoms with Crippen LogP contribution in [-0.4, -0.2) is 33.8 Å². The minimum absolute atomic E-state index is 0.103. The average molecular weight is 396 g/mol. The van der Waals surface area contributed by atoms with Crippen LogP contribution >= 0.6 is 0 Å². The zero-order chi connectivity index (χ0) is 20.7. The summed E-state index contributed by atoms with van der Waals surface area (Å²) in [7, 11) is 0. The third-order valence-corrected chi connectivity index (χ3v) is 5.53. The lowest BCUT2D eigenvalue weighted by Gasteiger charge is -2.14. The molecule has 1 unspecified atom stereocenters. The molecule has 0 saturated heterocycles. The Morgan fingerprint density at radius 3 is 2.79 bits per heavy atom. The minimum atomic E-state index is -0.355. The van der Waals surface area contributed by atoms with E-state index in [1.165, 1.54) is 0 Å². The lowest BCUT2D eigenvalue weighted by molar-refractivity contribution is -0.123. The summed E-state index contributed by atoms with van der Waals surface area (Å²) in [5.74, 6) is 2.53. The number of nitrogens with one attached hydrogen (secondary N) is 1. The van der Waals surface area contributed by atoms with Crippen LogP contribution in [0.3, 0.4) is 0 Å². The van der Waals surface area contributed by atoms with Crippen molar-refractivity contribution in [1.82, 2.24) is 20.1 Å². The summed E-state index contributed by atoms with van der Waals surface area (Å²) in [4.78, 5) is 24.3. The Morgan fingerprint density at radius 1 is 1.24 bits per heavy atom. The first-order valence-corrected chi connectivity index (χ1v) is 9.66. The van der Waals surface area contributed by atoms with Crippen molar-refractivity contribution in [2.75, 3.05) is 13.2 Å².